The van der Waals surface area contributed by atoms with E-state index in [9.17, 15) is 14.4 Å². The number of fused-ring (bicyclic) bond motifs is 3. The van der Waals surface area contributed by atoms with Crippen LogP contribution in [0.15, 0.2) is 24.3 Å². The number of carbonyl (C=O) groups is 3. The molecule has 0 spiro atoms. The fourth-order valence-electron chi connectivity index (χ4n) is 4.32. The molecule has 0 aromatic heterocycles. The minimum Gasteiger partial charge on any atom is -0.376 e. The van der Waals surface area contributed by atoms with Gasteiger partial charge in [-0.3, -0.25) is 14.4 Å². The number of nitrogens with zero attached hydrogens (tertiary/aromatic N) is 1. The first-order valence-electron chi connectivity index (χ1n) is 10.7. The van der Waals surface area contributed by atoms with Crippen molar-refractivity contribution in [2.24, 2.45) is 5.92 Å². The van der Waals surface area contributed by atoms with E-state index in [0.29, 0.717) is 17.9 Å². The number of rotatable bonds is 7. The highest BCUT2D eigenvalue weighted by Crippen LogP contribution is 2.48. The molecule has 5 atom stereocenters. The average molecular weight is 432 g/mol. The van der Waals surface area contributed by atoms with Crippen LogP contribution in [-0.2, 0) is 14.3 Å². The van der Waals surface area contributed by atoms with Crippen molar-refractivity contribution in [3.63, 3.8) is 0 Å². The first kappa shape index (κ1) is 21.2. The van der Waals surface area contributed by atoms with Gasteiger partial charge in [-0.2, -0.15) is 0 Å². The van der Waals surface area contributed by atoms with E-state index in [-0.39, 0.29) is 35.1 Å². The molecule has 3 aliphatic rings. The summed E-state index contributed by atoms with van der Waals surface area (Å²) in [7, 11) is 0. The summed E-state index contributed by atoms with van der Waals surface area (Å²) >= 11 is 1.60. The minimum absolute atomic E-state index is 0.0187. The lowest BCUT2D eigenvalue weighted by Crippen LogP contribution is -2.56. The Bertz CT molecular complexity index is 826. The monoisotopic (exact) mass is 431 g/mol. The van der Waals surface area contributed by atoms with Crippen molar-refractivity contribution in [1.82, 2.24) is 15.5 Å². The zero-order chi connectivity index (χ0) is 21.3. The molecule has 2 N–H and O–H groups in total. The fraction of sp³-hybridized carbons (Fsp3) is 0.591. The molecule has 3 aliphatic heterocycles. The van der Waals surface area contributed by atoms with Crippen molar-refractivity contribution in [1.29, 1.82) is 0 Å². The number of nitrogens with one attached hydrogen (secondary N) is 2. The Hall–Kier alpha value is -2.06. The van der Waals surface area contributed by atoms with E-state index in [0.717, 1.165) is 31.4 Å². The average Bonchev–Trinajstić information content (AvgIpc) is 3.49. The number of amides is 3. The Morgan fingerprint density at radius 2 is 2.13 bits per heavy atom. The quantitative estimate of drug-likeness (QED) is 0.690. The Morgan fingerprint density at radius 3 is 2.87 bits per heavy atom. The molecule has 0 radical (unpaired) electrons. The molecule has 8 heteroatoms. The van der Waals surface area contributed by atoms with Crippen LogP contribution in [-0.4, -0.2) is 59.7 Å². The van der Waals surface area contributed by atoms with Gasteiger partial charge in [0, 0.05) is 24.5 Å². The van der Waals surface area contributed by atoms with Gasteiger partial charge in [-0.15, -0.1) is 11.8 Å². The van der Waals surface area contributed by atoms with Crippen LogP contribution in [0.2, 0.25) is 0 Å². The van der Waals surface area contributed by atoms with Gasteiger partial charge in [-0.05, 0) is 30.4 Å². The number of ether oxygens (including phenoxy) is 1. The van der Waals surface area contributed by atoms with Crippen molar-refractivity contribution in [3.8, 4) is 0 Å². The van der Waals surface area contributed by atoms with Gasteiger partial charge in [0.2, 0.25) is 11.8 Å². The Morgan fingerprint density at radius 1 is 1.33 bits per heavy atom. The summed E-state index contributed by atoms with van der Waals surface area (Å²) < 4.78 is 5.57. The van der Waals surface area contributed by atoms with Gasteiger partial charge in [-0.1, -0.05) is 38.5 Å². The Balaban J connectivity index is 1.42. The molecule has 30 heavy (non-hydrogen) atoms. The van der Waals surface area contributed by atoms with E-state index in [1.54, 1.807) is 16.7 Å². The summed E-state index contributed by atoms with van der Waals surface area (Å²) in [5.41, 5.74) is 1.64. The summed E-state index contributed by atoms with van der Waals surface area (Å²) in [6.07, 6.45) is 2.77. The Kier molecular flexibility index (Phi) is 6.34. The van der Waals surface area contributed by atoms with Gasteiger partial charge in [0.25, 0.3) is 5.91 Å². The second kappa shape index (κ2) is 8.98. The number of thioether (sulfide) groups is 1. The first-order chi connectivity index (χ1) is 14.5. The third-order valence-corrected chi connectivity index (χ3v) is 7.62. The molecule has 1 aromatic rings. The summed E-state index contributed by atoms with van der Waals surface area (Å²) in [4.78, 5) is 40.6. The molecular formula is C22H29N3O4S. The molecule has 0 bridgehead atoms. The van der Waals surface area contributed by atoms with Crippen molar-refractivity contribution < 1.29 is 19.1 Å². The zero-order valence-corrected chi connectivity index (χ0v) is 18.2. The highest BCUT2D eigenvalue weighted by Gasteiger charge is 2.48. The molecule has 1 aromatic carbocycles. The molecule has 0 aliphatic carbocycles. The molecule has 3 amide bonds. The summed E-state index contributed by atoms with van der Waals surface area (Å²) in [5, 5.41) is 5.76. The van der Waals surface area contributed by atoms with Crippen LogP contribution in [0.3, 0.4) is 0 Å². The van der Waals surface area contributed by atoms with Crippen LogP contribution >= 0.6 is 11.8 Å². The molecule has 7 nitrogen and oxygen atoms in total. The topological polar surface area (TPSA) is 87.7 Å². The predicted molar refractivity (Wildman–Crippen MR) is 115 cm³/mol. The highest BCUT2D eigenvalue weighted by molar-refractivity contribution is 7.99. The molecule has 2 saturated heterocycles. The number of hydrogen-bond donors (Lipinski definition) is 2. The standard InChI is InChI=1S/C22H29N3O4S/c1-3-13(2)18(20(27)23-11-14-7-6-10-29-14)24-19(26)17-12-30-22-16-9-5-4-8-15(16)21(28)25(17)22/h4-5,8-9,13-14,17-18,22H,3,6-7,10-12H2,1-2H3,(H,23,27)(H,24,26)/t13-,14+,17-,18-,22+/m0/s1. The van der Waals surface area contributed by atoms with E-state index in [1.807, 2.05) is 38.1 Å². The number of benzene rings is 1. The van der Waals surface area contributed by atoms with Crippen molar-refractivity contribution in [2.45, 2.75) is 56.7 Å². The summed E-state index contributed by atoms with van der Waals surface area (Å²) in [5.74, 6) is -0.0463. The SMILES string of the molecule is CC[C@H](C)[C@H](NC(=O)[C@@H]1CS[C@@H]2c3ccccc3C(=O)N21)C(=O)NC[C@H]1CCCO1. The van der Waals surface area contributed by atoms with Crippen LogP contribution in [0.5, 0.6) is 0 Å². The van der Waals surface area contributed by atoms with Gasteiger partial charge in [0.05, 0.1) is 6.10 Å². The first-order valence-corrected chi connectivity index (χ1v) is 11.8. The third kappa shape index (κ3) is 3.95. The lowest BCUT2D eigenvalue weighted by molar-refractivity contribution is -0.132. The molecule has 0 unspecified atom stereocenters. The van der Waals surface area contributed by atoms with E-state index in [1.165, 1.54) is 0 Å². The smallest absolute Gasteiger partial charge is 0.256 e. The Labute approximate surface area is 181 Å². The van der Waals surface area contributed by atoms with Gasteiger partial charge in [0.1, 0.15) is 17.5 Å². The van der Waals surface area contributed by atoms with Gasteiger partial charge < -0.3 is 20.3 Å². The maximum atomic E-state index is 13.2. The molecule has 2 fully saturated rings. The van der Waals surface area contributed by atoms with E-state index in [2.05, 4.69) is 10.6 Å². The summed E-state index contributed by atoms with van der Waals surface area (Å²) in [6, 6.07) is 6.32. The molecular weight excluding hydrogens is 402 g/mol. The third-order valence-electron chi connectivity index (χ3n) is 6.32. The van der Waals surface area contributed by atoms with Crippen LogP contribution in [0, 0.1) is 5.92 Å². The maximum Gasteiger partial charge on any atom is 0.256 e. The van der Waals surface area contributed by atoms with Crippen molar-refractivity contribution >= 4 is 29.5 Å². The molecule has 4 rings (SSSR count). The lowest BCUT2D eigenvalue weighted by Gasteiger charge is -2.28. The van der Waals surface area contributed by atoms with Gasteiger partial charge in [0.15, 0.2) is 0 Å². The second-order valence-corrected chi connectivity index (χ2v) is 9.37. The minimum atomic E-state index is -0.631. The van der Waals surface area contributed by atoms with Crippen molar-refractivity contribution in [3.05, 3.63) is 35.4 Å². The lowest BCUT2D eigenvalue weighted by atomic mass is 9.97. The van der Waals surface area contributed by atoms with Crippen LogP contribution in [0.25, 0.3) is 0 Å². The summed E-state index contributed by atoms with van der Waals surface area (Å²) in [6.45, 7) is 5.15. The van der Waals surface area contributed by atoms with Crippen molar-refractivity contribution in [2.75, 3.05) is 18.9 Å². The predicted octanol–water partition coefficient (Wildman–Crippen LogP) is 2.08. The molecule has 162 valence electrons. The molecule has 3 heterocycles. The van der Waals surface area contributed by atoms with E-state index < -0.39 is 12.1 Å². The second-order valence-electron chi connectivity index (χ2n) is 8.25. The highest BCUT2D eigenvalue weighted by atomic mass is 32.2. The van der Waals surface area contributed by atoms with Gasteiger partial charge in [-0.25, -0.2) is 0 Å². The van der Waals surface area contributed by atoms with Crippen LogP contribution < -0.4 is 10.6 Å². The maximum absolute atomic E-state index is 13.2. The largest absolute Gasteiger partial charge is 0.376 e. The normalized spacial score (nSPS) is 26.8. The number of hydrogen-bond acceptors (Lipinski definition) is 5. The van der Waals surface area contributed by atoms with Crippen LogP contribution in [0.1, 0.15) is 54.4 Å². The zero-order valence-electron chi connectivity index (χ0n) is 17.4. The van der Waals surface area contributed by atoms with Crippen LogP contribution in [0.4, 0.5) is 0 Å². The van der Waals surface area contributed by atoms with E-state index in [4.69, 9.17) is 4.74 Å². The fourth-order valence-corrected chi connectivity index (χ4v) is 5.79. The van der Waals surface area contributed by atoms with E-state index >= 15 is 0 Å². The number of carbonyl (C=O) groups excluding carboxylic acids is 3. The molecule has 0 saturated carbocycles. The van der Waals surface area contributed by atoms with Gasteiger partial charge >= 0.3 is 0 Å².